The van der Waals surface area contributed by atoms with E-state index in [0.29, 0.717) is 17.9 Å². The van der Waals surface area contributed by atoms with Crippen molar-refractivity contribution >= 4 is 0 Å². The number of aryl methyl sites for hydroxylation is 1. The molecule has 1 nitrogen and oxygen atoms in total. The van der Waals surface area contributed by atoms with Crippen molar-refractivity contribution in [3.63, 3.8) is 0 Å². The highest BCUT2D eigenvalue weighted by Crippen LogP contribution is 2.23. The van der Waals surface area contributed by atoms with E-state index in [4.69, 9.17) is 0 Å². The van der Waals surface area contributed by atoms with Crippen LogP contribution in [0.25, 0.3) is 0 Å². The molecular weight excluding hydrogens is 179 g/mol. The summed E-state index contributed by atoms with van der Waals surface area (Å²) in [7, 11) is 0. The van der Waals surface area contributed by atoms with E-state index in [9.17, 15) is 9.50 Å². The normalized spacial score (nSPS) is 13.3. The lowest BCUT2D eigenvalue weighted by Crippen LogP contribution is -2.04. The van der Waals surface area contributed by atoms with Crippen LogP contribution < -0.4 is 0 Å². The van der Waals surface area contributed by atoms with Crippen molar-refractivity contribution < 1.29 is 9.50 Å². The van der Waals surface area contributed by atoms with E-state index in [0.717, 1.165) is 5.56 Å². The third-order valence-electron chi connectivity index (χ3n) is 2.21. The van der Waals surface area contributed by atoms with Crippen LogP contribution in [0, 0.1) is 18.7 Å². The van der Waals surface area contributed by atoms with Gasteiger partial charge in [0.15, 0.2) is 0 Å². The van der Waals surface area contributed by atoms with E-state index in [1.165, 1.54) is 6.07 Å². The van der Waals surface area contributed by atoms with Gasteiger partial charge in [0.1, 0.15) is 5.82 Å². The third-order valence-corrected chi connectivity index (χ3v) is 2.21. The van der Waals surface area contributed by atoms with Gasteiger partial charge in [0.25, 0.3) is 0 Å². The number of benzene rings is 1. The molecular formula is C12H17FO. The van der Waals surface area contributed by atoms with Gasteiger partial charge in [-0.25, -0.2) is 4.39 Å². The lowest BCUT2D eigenvalue weighted by atomic mass is 9.98. The summed E-state index contributed by atoms with van der Waals surface area (Å²) in [5.74, 6) is 0.0591. The van der Waals surface area contributed by atoms with E-state index in [1.54, 1.807) is 6.07 Å². The fourth-order valence-corrected chi connectivity index (χ4v) is 1.48. The van der Waals surface area contributed by atoms with E-state index >= 15 is 0 Å². The van der Waals surface area contributed by atoms with Gasteiger partial charge < -0.3 is 5.11 Å². The van der Waals surface area contributed by atoms with Crippen LogP contribution in [0.15, 0.2) is 18.2 Å². The van der Waals surface area contributed by atoms with Crippen LogP contribution >= 0.6 is 0 Å². The molecule has 0 aliphatic heterocycles. The van der Waals surface area contributed by atoms with Gasteiger partial charge in [-0.1, -0.05) is 26.0 Å². The van der Waals surface area contributed by atoms with Gasteiger partial charge in [-0.3, -0.25) is 0 Å². The molecule has 0 aliphatic carbocycles. The summed E-state index contributed by atoms with van der Waals surface area (Å²) >= 11 is 0. The molecule has 1 aromatic rings. The van der Waals surface area contributed by atoms with Crippen LogP contribution in [0.3, 0.4) is 0 Å². The molecule has 0 bridgehead atoms. The zero-order valence-electron chi connectivity index (χ0n) is 8.92. The molecule has 1 N–H and O–H groups in total. The Balaban J connectivity index is 2.84. The number of aliphatic hydroxyl groups excluding tert-OH is 1. The molecule has 2 heteroatoms. The molecule has 0 saturated heterocycles. The number of rotatable bonds is 3. The van der Waals surface area contributed by atoms with Crippen molar-refractivity contribution in [3.05, 3.63) is 35.1 Å². The zero-order chi connectivity index (χ0) is 10.7. The summed E-state index contributed by atoms with van der Waals surface area (Å²) in [5, 5.41) is 9.72. The minimum absolute atomic E-state index is 0.307. The highest BCUT2D eigenvalue weighted by molar-refractivity contribution is 5.25. The first-order valence-electron chi connectivity index (χ1n) is 4.95. The quantitative estimate of drug-likeness (QED) is 0.787. The Hall–Kier alpha value is -0.890. The highest BCUT2D eigenvalue weighted by atomic mass is 19.1. The Kier molecular flexibility index (Phi) is 3.64. The minimum atomic E-state index is -0.685. The molecule has 0 aromatic heterocycles. The summed E-state index contributed by atoms with van der Waals surface area (Å²) < 4.78 is 13.4. The summed E-state index contributed by atoms with van der Waals surface area (Å²) in [6.45, 7) is 5.85. The summed E-state index contributed by atoms with van der Waals surface area (Å²) in [4.78, 5) is 0. The smallest absolute Gasteiger partial charge is 0.129 e. The first kappa shape index (κ1) is 11.2. The fraction of sp³-hybridized carbons (Fsp3) is 0.500. The van der Waals surface area contributed by atoms with Crippen LogP contribution in [-0.4, -0.2) is 5.11 Å². The van der Waals surface area contributed by atoms with E-state index in [-0.39, 0.29) is 5.82 Å². The maximum absolute atomic E-state index is 13.4. The molecule has 0 fully saturated rings. The molecule has 0 radical (unpaired) electrons. The van der Waals surface area contributed by atoms with Gasteiger partial charge in [-0.05, 0) is 30.9 Å². The van der Waals surface area contributed by atoms with Gasteiger partial charge in [-0.15, -0.1) is 0 Å². The number of halogens is 1. The lowest BCUT2D eigenvalue weighted by molar-refractivity contribution is 0.147. The lowest BCUT2D eigenvalue weighted by Gasteiger charge is -2.14. The van der Waals surface area contributed by atoms with Crippen molar-refractivity contribution in [1.82, 2.24) is 0 Å². The van der Waals surface area contributed by atoms with Crippen LogP contribution in [0.4, 0.5) is 4.39 Å². The molecule has 78 valence electrons. The van der Waals surface area contributed by atoms with Crippen LogP contribution in [0.5, 0.6) is 0 Å². The third kappa shape index (κ3) is 2.81. The van der Waals surface area contributed by atoms with Gasteiger partial charge >= 0.3 is 0 Å². The molecule has 14 heavy (non-hydrogen) atoms. The SMILES string of the molecule is Cc1ccc(C(O)CC(C)C)c(F)c1. The Morgan fingerprint density at radius 1 is 1.36 bits per heavy atom. The minimum Gasteiger partial charge on any atom is -0.388 e. The average molecular weight is 196 g/mol. The molecule has 0 amide bonds. The molecule has 0 spiro atoms. The topological polar surface area (TPSA) is 20.2 Å². The fourth-order valence-electron chi connectivity index (χ4n) is 1.48. The highest BCUT2D eigenvalue weighted by Gasteiger charge is 2.13. The molecule has 0 saturated carbocycles. The van der Waals surface area contributed by atoms with Gasteiger partial charge in [-0.2, -0.15) is 0 Å². The first-order chi connectivity index (χ1) is 6.50. The number of hydrogen-bond donors (Lipinski definition) is 1. The molecule has 0 aliphatic rings. The second kappa shape index (κ2) is 4.56. The van der Waals surface area contributed by atoms with E-state index in [1.807, 2.05) is 26.8 Å². The molecule has 1 atom stereocenters. The Morgan fingerprint density at radius 2 is 2.00 bits per heavy atom. The Morgan fingerprint density at radius 3 is 2.50 bits per heavy atom. The monoisotopic (exact) mass is 196 g/mol. The Labute approximate surface area is 84.6 Å². The van der Waals surface area contributed by atoms with Gasteiger partial charge in [0, 0.05) is 5.56 Å². The van der Waals surface area contributed by atoms with Crippen LogP contribution in [0.2, 0.25) is 0 Å². The van der Waals surface area contributed by atoms with Crippen molar-refractivity contribution in [1.29, 1.82) is 0 Å². The first-order valence-corrected chi connectivity index (χ1v) is 4.95. The maximum atomic E-state index is 13.4. The van der Waals surface area contributed by atoms with Crippen molar-refractivity contribution in [2.45, 2.75) is 33.3 Å². The number of hydrogen-bond acceptors (Lipinski definition) is 1. The molecule has 1 aromatic carbocycles. The average Bonchev–Trinajstić information content (AvgIpc) is 2.01. The van der Waals surface area contributed by atoms with Gasteiger partial charge in [0.05, 0.1) is 6.10 Å². The van der Waals surface area contributed by atoms with E-state index in [2.05, 4.69) is 0 Å². The standard InChI is InChI=1S/C12H17FO/c1-8(2)6-12(14)10-5-4-9(3)7-11(10)13/h4-5,7-8,12,14H,6H2,1-3H3. The van der Waals surface area contributed by atoms with Crippen LogP contribution in [-0.2, 0) is 0 Å². The maximum Gasteiger partial charge on any atom is 0.129 e. The molecule has 1 rings (SSSR count). The summed E-state index contributed by atoms with van der Waals surface area (Å²) in [5.41, 5.74) is 1.28. The zero-order valence-corrected chi connectivity index (χ0v) is 8.92. The predicted octanol–water partition coefficient (Wildman–Crippen LogP) is 3.21. The summed E-state index contributed by atoms with van der Waals surface area (Å²) in [6.07, 6.45) is -0.0874. The number of aliphatic hydroxyl groups is 1. The van der Waals surface area contributed by atoms with Crippen LogP contribution in [0.1, 0.15) is 37.5 Å². The second-order valence-corrected chi connectivity index (χ2v) is 4.17. The van der Waals surface area contributed by atoms with Crippen molar-refractivity contribution in [2.75, 3.05) is 0 Å². The van der Waals surface area contributed by atoms with Crippen molar-refractivity contribution in [3.8, 4) is 0 Å². The predicted molar refractivity (Wildman–Crippen MR) is 55.6 cm³/mol. The largest absolute Gasteiger partial charge is 0.388 e. The second-order valence-electron chi connectivity index (χ2n) is 4.17. The van der Waals surface area contributed by atoms with Crippen molar-refractivity contribution in [2.24, 2.45) is 5.92 Å². The summed E-state index contributed by atoms with van der Waals surface area (Å²) in [6, 6.07) is 4.94. The van der Waals surface area contributed by atoms with E-state index < -0.39 is 6.10 Å². The Bertz CT molecular complexity index is 307. The molecule has 1 unspecified atom stereocenters. The van der Waals surface area contributed by atoms with Gasteiger partial charge in [0.2, 0.25) is 0 Å². The molecule has 0 heterocycles.